The molecule has 74 valence electrons. The Kier molecular flexibility index (Phi) is 7.71. The Morgan fingerprint density at radius 3 is 2.69 bits per heavy atom. The van der Waals surface area contributed by atoms with Crippen LogP contribution >= 0.6 is 12.4 Å². The number of pyridine rings is 1. The van der Waals surface area contributed by atoms with E-state index in [4.69, 9.17) is 0 Å². The molecule has 0 unspecified atom stereocenters. The minimum atomic E-state index is 0. The summed E-state index contributed by atoms with van der Waals surface area (Å²) in [6.45, 7) is 2.24. The van der Waals surface area contributed by atoms with Crippen LogP contribution in [0.1, 0.15) is 38.2 Å². The summed E-state index contributed by atoms with van der Waals surface area (Å²) in [4.78, 5) is 4.08. The number of hydrogen-bond donors (Lipinski definition) is 0. The van der Waals surface area contributed by atoms with Gasteiger partial charge in [0.05, 0.1) is 0 Å². The maximum Gasteiger partial charge on any atom is 0.0299 e. The lowest BCUT2D eigenvalue weighted by Gasteiger charge is -1.98. The van der Waals surface area contributed by atoms with Gasteiger partial charge in [0.1, 0.15) is 0 Å². The molecule has 0 saturated carbocycles. The Morgan fingerprint density at radius 2 is 2.08 bits per heavy atom. The first-order chi connectivity index (χ1) is 5.93. The average Bonchev–Trinajstić information content (AvgIpc) is 2.14. The third-order valence-electron chi connectivity index (χ3n) is 2.04. The summed E-state index contributed by atoms with van der Waals surface area (Å²) >= 11 is 0. The number of hydrogen-bond acceptors (Lipinski definition) is 1. The molecule has 1 nitrogen and oxygen atoms in total. The van der Waals surface area contributed by atoms with Crippen LogP contribution in [0.4, 0.5) is 0 Å². The predicted molar refractivity (Wildman–Crippen MR) is 59.3 cm³/mol. The fourth-order valence-electron chi connectivity index (χ4n) is 1.30. The van der Waals surface area contributed by atoms with Gasteiger partial charge in [0.2, 0.25) is 0 Å². The Morgan fingerprint density at radius 1 is 1.23 bits per heavy atom. The maximum absolute atomic E-state index is 4.08. The number of unbranched alkanes of at least 4 members (excludes halogenated alkanes) is 3. The average molecular weight is 200 g/mol. The molecule has 1 aromatic heterocycles. The molecule has 0 atom stereocenters. The van der Waals surface area contributed by atoms with Crippen LogP contribution in [0.15, 0.2) is 24.5 Å². The van der Waals surface area contributed by atoms with Gasteiger partial charge in [-0.15, -0.1) is 12.4 Å². The van der Waals surface area contributed by atoms with Crippen LogP contribution in [0.2, 0.25) is 0 Å². The Labute approximate surface area is 87.0 Å². The molecule has 1 rings (SSSR count). The fraction of sp³-hybridized carbons (Fsp3) is 0.545. The van der Waals surface area contributed by atoms with Crippen molar-refractivity contribution in [2.45, 2.75) is 39.0 Å². The summed E-state index contributed by atoms with van der Waals surface area (Å²) in [5.41, 5.74) is 1.37. The molecule has 2 heteroatoms. The maximum atomic E-state index is 4.08. The molecule has 0 fully saturated rings. The predicted octanol–water partition coefficient (Wildman–Crippen LogP) is 3.63. The first-order valence-corrected chi connectivity index (χ1v) is 4.82. The normalized spacial score (nSPS) is 9.31. The van der Waals surface area contributed by atoms with E-state index in [1.54, 1.807) is 0 Å². The Hall–Kier alpha value is -0.560. The minimum Gasteiger partial charge on any atom is -0.264 e. The smallest absolute Gasteiger partial charge is 0.0299 e. The highest BCUT2D eigenvalue weighted by Crippen LogP contribution is 2.05. The second-order valence-electron chi connectivity index (χ2n) is 3.17. The summed E-state index contributed by atoms with van der Waals surface area (Å²) in [6, 6.07) is 4.16. The van der Waals surface area contributed by atoms with Crippen molar-refractivity contribution in [3.8, 4) is 0 Å². The van der Waals surface area contributed by atoms with Crippen LogP contribution in [0.25, 0.3) is 0 Å². The van der Waals surface area contributed by atoms with Crippen LogP contribution in [0.3, 0.4) is 0 Å². The van der Waals surface area contributed by atoms with Crippen molar-refractivity contribution in [2.75, 3.05) is 0 Å². The molecule has 0 radical (unpaired) electrons. The van der Waals surface area contributed by atoms with Crippen molar-refractivity contribution in [1.29, 1.82) is 0 Å². The van der Waals surface area contributed by atoms with Crippen LogP contribution in [0, 0.1) is 0 Å². The van der Waals surface area contributed by atoms with E-state index in [1.165, 1.54) is 37.7 Å². The molecule has 0 aromatic carbocycles. The first kappa shape index (κ1) is 12.4. The van der Waals surface area contributed by atoms with Crippen LogP contribution in [-0.4, -0.2) is 4.98 Å². The molecule has 0 aliphatic rings. The zero-order valence-electron chi connectivity index (χ0n) is 8.20. The van der Waals surface area contributed by atoms with Gasteiger partial charge in [-0.25, -0.2) is 0 Å². The van der Waals surface area contributed by atoms with Gasteiger partial charge in [-0.05, 0) is 24.5 Å². The van der Waals surface area contributed by atoms with Crippen LogP contribution in [0.5, 0.6) is 0 Å². The molecule has 13 heavy (non-hydrogen) atoms. The summed E-state index contributed by atoms with van der Waals surface area (Å²) in [7, 11) is 0. The van der Waals surface area contributed by atoms with Crippen molar-refractivity contribution >= 4 is 12.4 Å². The largest absolute Gasteiger partial charge is 0.264 e. The zero-order chi connectivity index (χ0) is 8.65. The second kappa shape index (κ2) is 8.06. The number of aryl methyl sites for hydroxylation is 1. The van der Waals surface area contributed by atoms with Gasteiger partial charge >= 0.3 is 0 Å². The SMILES string of the molecule is CCCCCCc1cccnc1.Cl. The van der Waals surface area contributed by atoms with Gasteiger partial charge in [0.15, 0.2) is 0 Å². The summed E-state index contributed by atoms with van der Waals surface area (Å²) < 4.78 is 0. The lowest BCUT2D eigenvalue weighted by Crippen LogP contribution is -1.85. The highest BCUT2D eigenvalue weighted by molar-refractivity contribution is 5.85. The van der Waals surface area contributed by atoms with Gasteiger partial charge in [-0.1, -0.05) is 32.3 Å². The van der Waals surface area contributed by atoms with E-state index in [2.05, 4.69) is 18.0 Å². The van der Waals surface area contributed by atoms with E-state index in [-0.39, 0.29) is 12.4 Å². The standard InChI is InChI=1S/C11H17N.ClH/c1-2-3-4-5-7-11-8-6-9-12-10-11;/h6,8-10H,2-5,7H2,1H3;1H. The van der Waals surface area contributed by atoms with Gasteiger partial charge in [0.25, 0.3) is 0 Å². The summed E-state index contributed by atoms with van der Waals surface area (Å²) in [5.74, 6) is 0. The van der Waals surface area contributed by atoms with E-state index in [0.29, 0.717) is 0 Å². The lowest BCUT2D eigenvalue weighted by molar-refractivity contribution is 0.666. The summed E-state index contributed by atoms with van der Waals surface area (Å²) in [5, 5.41) is 0. The second-order valence-corrected chi connectivity index (χ2v) is 3.17. The molecule has 0 aliphatic carbocycles. The number of halogens is 1. The van der Waals surface area contributed by atoms with E-state index >= 15 is 0 Å². The third-order valence-corrected chi connectivity index (χ3v) is 2.04. The van der Waals surface area contributed by atoms with Gasteiger partial charge in [0, 0.05) is 12.4 Å². The van der Waals surface area contributed by atoms with Gasteiger partial charge < -0.3 is 0 Å². The zero-order valence-corrected chi connectivity index (χ0v) is 9.02. The monoisotopic (exact) mass is 199 g/mol. The highest BCUT2D eigenvalue weighted by Gasteiger charge is 1.91. The molecule has 0 spiro atoms. The topological polar surface area (TPSA) is 12.9 Å². The lowest BCUT2D eigenvalue weighted by atomic mass is 10.1. The number of nitrogens with zero attached hydrogens (tertiary/aromatic N) is 1. The van der Waals surface area contributed by atoms with Crippen molar-refractivity contribution in [1.82, 2.24) is 4.98 Å². The molecule has 0 saturated heterocycles. The van der Waals surface area contributed by atoms with E-state index in [1.807, 2.05) is 18.5 Å². The molecule has 1 heterocycles. The molecular formula is C11H18ClN. The Bertz CT molecular complexity index is 199. The molecule has 0 bridgehead atoms. The molecule has 1 aromatic rings. The highest BCUT2D eigenvalue weighted by atomic mass is 35.5. The van der Waals surface area contributed by atoms with Crippen molar-refractivity contribution in [3.63, 3.8) is 0 Å². The quantitative estimate of drug-likeness (QED) is 0.660. The molecular weight excluding hydrogens is 182 g/mol. The molecule has 0 aliphatic heterocycles. The van der Waals surface area contributed by atoms with Crippen molar-refractivity contribution in [2.24, 2.45) is 0 Å². The summed E-state index contributed by atoms with van der Waals surface area (Å²) in [6.07, 6.45) is 10.3. The number of rotatable bonds is 5. The first-order valence-electron chi connectivity index (χ1n) is 4.82. The van der Waals surface area contributed by atoms with E-state index in [9.17, 15) is 0 Å². The minimum absolute atomic E-state index is 0. The van der Waals surface area contributed by atoms with Crippen molar-refractivity contribution < 1.29 is 0 Å². The van der Waals surface area contributed by atoms with Crippen molar-refractivity contribution in [3.05, 3.63) is 30.1 Å². The van der Waals surface area contributed by atoms with Gasteiger partial charge in [-0.2, -0.15) is 0 Å². The van der Waals surface area contributed by atoms with Crippen LogP contribution < -0.4 is 0 Å². The van der Waals surface area contributed by atoms with Crippen LogP contribution in [-0.2, 0) is 6.42 Å². The molecule has 0 amide bonds. The van der Waals surface area contributed by atoms with E-state index in [0.717, 1.165) is 0 Å². The fourth-order valence-corrected chi connectivity index (χ4v) is 1.30. The number of aromatic nitrogens is 1. The van der Waals surface area contributed by atoms with E-state index < -0.39 is 0 Å². The van der Waals surface area contributed by atoms with Gasteiger partial charge in [-0.3, -0.25) is 4.98 Å². The Balaban J connectivity index is 0.00000144. The molecule has 0 N–H and O–H groups in total. The third kappa shape index (κ3) is 5.64.